The van der Waals surface area contributed by atoms with Gasteiger partial charge in [-0.05, 0) is 67.9 Å². The molecule has 1 aromatic carbocycles. The molecular weight excluding hydrogens is 389 g/mol. The van der Waals surface area contributed by atoms with Crippen molar-refractivity contribution in [2.75, 3.05) is 11.9 Å². The van der Waals surface area contributed by atoms with Gasteiger partial charge in [0.2, 0.25) is 0 Å². The highest BCUT2D eigenvalue weighted by atomic mass is 35.5. The van der Waals surface area contributed by atoms with Crippen LogP contribution in [0.4, 0.5) is 5.69 Å². The number of rotatable bonds is 5. The summed E-state index contributed by atoms with van der Waals surface area (Å²) in [6, 6.07) is 4.93. The van der Waals surface area contributed by atoms with E-state index in [0.717, 1.165) is 25.7 Å². The van der Waals surface area contributed by atoms with E-state index in [1.807, 2.05) is 0 Å². The van der Waals surface area contributed by atoms with Gasteiger partial charge in [-0.25, -0.2) is 0 Å². The maximum absolute atomic E-state index is 12.4. The Bertz CT molecular complexity index is 767. The van der Waals surface area contributed by atoms with Gasteiger partial charge in [-0.3, -0.25) is 9.59 Å². The van der Waals surface area contributed by atoms with Crippen molar-refractivity contribution in [3.63, 3.8) is 0 Å². The van der Waals surface area contributed by atoms with E-state index in [4.69, 9.17) is 27.9 Å². The Morgan fingerprint density at radius 2 is 1.89 bits per heavy atom. The van der Waals surface area contributed by atoms with Gasteiger partial charge in [0.05, 0.1) is 27.8 Å². The number of carbonyl (C=O) groups is 2. The molecule has 7 heteroatoms. The highest BCUT2D eigenvalue weighted by molar-refractivity contribution is 6.44. The van der Waals surface area contributed by atoms with Gasteiger partial charge in [-0.2, -0.15) is 0 Å². The highest BCUT2D eigenvalue weighted by Gasteiger charge is 2.57. The predicted molar refractivity (Wildman–Crippen MR) is 103 cm³/mol. The van der Waals surface area contributed by atoms with Crippen molar-refractivity contribution in [1.29, 1.82) is 0 Å². The Balaban J connectivity index is 1.31. The number of hydrogen-bond acceptors (Lipinski definition) is 4. The van der Waals surface area contributed by atoms with Crippen LogP contribution in [0.3, 0.4) is 0 Å². The molecule has 4 saturated carbocycles. The van der Waals surface area contributed by atoms with Gasteiger partial charge in [0.25, 0.3) is 5.91 Å². The first-order chi connectivity index (χ1) is 12.8. The normalized spacial score (nSPS) is 33.7. The second-order valence-electron chi connectivity index (χ2n) is 8.67. The molecule has 5 rings (SSSR count). The minimum atomic E-state index is -0.606. The van der Waals surface area contributed by atoms with Crippen molar-refractivity contribution >= 4 is 40.8 Å². The topological polar surface area (TPSA) is 75.6 Å². The fourth-order valence-electron chi connectivity index (χ4n) is 5.90. The number of amides is 1. The Hall–Kier alpha value is -1.30. The fourth-order valence-corrected chi connectivity index (χ4v) is 6.25. The van der Waals surface area contributed by atoms with E-state index in [2.05, 4.69) is 5.32 Å². The minimum absolute atomic E-state index is 0.164. The first-order valence-electron chi connectivity index (χ1n) is 9.38. The van der Waals surface area contributed by atoms with E-state index in [9.17, 15) is 14.7 Å². The molecule has 2 N–H and O–H groups in total. The third-order valence-corrected chi connectivity index (χ3v) is 7.08. The molecular formula is C20H23Cl2NO4. The van der Waals surface area contributed by atoms with Crippen molar-refractivity contribution < 1.29 is 19.4 Å². The molecule has 0 heterocycles. The number of ether oxygens (including phenoxy) is 1. The third kappa shape index (κ3) is 3.96. The lowest BCUT2D eigenvalue weighted by molar-refractivity contribution is -0.177. The van der Waals surface area contributed by atoms with Crippen molar-refractivity contribution in [2.45, 2.75) is 50.5 Å². The van der Waals surface area contributed by atoms with Crippen LogP contribution in [0.1, 0.15) is 44.9 Å². The third-order valence-electron chi connectivity index (χ3n) is 6.26. The Morgan fingerprint density at radius 1 is 1.19 bits per heavy atom. The highest BCUT2D eigenvalue weighted by Crippen LogP contribution is 2.62. The Morgan fingerprint density at radius 3 is 2.56 bits per heavy atom. The van der Waals surface area contributed by atoms with E-state index in [0.29, 0.717) is 29.0 Å². The lowest BCUT2D eigenvalue weighted by Gasteiger charge is -2.60. The SMILES string of the molecule is O=C(COC(=O)CC12C[C@@H]3C[C@@H](CC(O)(C3)C1)C2)Nc1cccc(Cl)c1Cl. The Labute approximate surface area is 168 Å². The molecule has 2 unspecified atom stereocenters. The summed E-state index contributed by atoms with van der Waals surface area (Å²) in [4.78, 5) is 24.4. The molecule has 0 saturated heterocycles. The Kier molecular flexibility index (Phi) is 4.90. The minimum Gasteiger partial charge on any atom is -0.456 e. The van der Waals surface area contributed by atoms with E-state index < -0.39 is 11.5 Å². The molecule has 4 bridgehead atoms. The summed E-state index contributed by atoms with van der Waals surface area (Å²) in [5.41, 5.74) is -0.387. The fraction of sp³-hybridized carbons (Fsp3) is 0.600. The van der Waals surface area contributed by atoms with Gasteiger partial charge in [0.1, 0.15) is 0 Å². The van der Waals surface area contributed by atoms with Crippen LogP contribution in [0.15, 0.2) is 18.2 Å². The van der Waals surface area contributed by atoms with E-state index >= 15 is 0 Å². The number of halogens is 2. The molecule has 4 atom stereocenters. The van der Waals surface area contributed by atoms with Gasteiger partial charge in [0.15, 0.2) is 6.61 Å². The number of aliphatic hydroxyl groups is 1. The summed E-state index contributed by atoms with van der Waals surface area (Å²) in [6.45, 7) is -0.366. The average Bonchev–Trinajstić information content (AvgIpc) is 2.54. The monoisotopic (exact) mass is 411 g/mol. The van der Waals surface area contributed by atoms with Crippen LogP contribution >= 0.6 is 23.2 Å². The zero-order valence-electron chi connectivity index (χ0n) is 15.0. The van der Waals surface area contributed by atoms with Gasteiger partial charge in [-0.1, -0.05) is 29.3 Å². The summed E-state index contributed by atoms with van der Waals surface area (Å²) in [5, 5.41) is 14.0. The molecule has 146 valence electrons. The van der Waals surface area contributed by atoms with Crippen molar-refractivity contribution in [1.82, 2.24) is 0 Å². The molecule has 27 heavy (non-hydrogen) atoms. The van der Waals surface area contributed by atoms with E-state index in [-0.39, 0.29) is 29.4 Å². The second-order valence-corrected chi connectivity index (χ2v) is 9.46. The molecule has 0 aromatic heterocycles. The average molecular weight is 412 g/mol. The zero-order valence-corrected chi connectivity index (χ0v) is 16.5. The molecule has 5 nitrogen and oxygen atoms in total. The largest absolute Gasteiger partial charge is 0.456 e. The van der Waals surface area contributed by atoms with Gasteiger partial charge in [0, 0.05) is 0 Å². The lowest BCUT2D eigenvalue weighted by Crippen LogP contribution is -2.56. The van der Waals surface area contributed by atoms with Crippen LogP contribution in [0.2, 0.25) is 10.0 Å². The number of anilines is 1. The van der Waals surface area contributed by atoms with Crippen LogP contribution in [0.5, 0.6) is 0 Å². The van der Waals surface area contributed by atoms with Crippen LogP contribution in [0.25, 0.3) is 0 Å². The number of benzene rings is 1. The molecule has 1 amide bonds. The van der Waals surface area contributed by atoms with Crippen LogP contribution in [-0.4, -0.2) is 29.2 Å². The van der Waals surface area contributed by atoms with Crippen LogP contribution in [-0.2, 0) is 14.3 Å². The molecule has 4 aliphatic rings. The first kappa shape index (κ1) is 19.0. The quantitative estimate of drug-likeness (QED) is 0.711. The number of hydrogen-bond donors (Lipinski definition) is 2. The van der Waals surface area contributed by atoms with Crippen molar-refractivity contribution in [2.24, 2.45) is 17.3 Å². The maximum atomic E-state index is 12.4. The first-order valence-corrected chi connectivity index (χ1v) is 10.1. The molecule has 4 fully saturated rings. The summed E-state index contributed by atoms with van der Waals surface area (Å²) >= 11 is 12.0. The zero-order chi connectivity index (χ0) is 19.2. The number of esters is 1. The summed E-state index contributed by atoms with van der Waals surface area (Å²) < 4.78 is 5.21. The lowest BCUT2D eigenvalue weighted by atomic mass is 9.47. The van der Waals surface area contributed by atoms with Gasteiger partial charge >= 0.3 is 5.97 Å². The van der Waals surface area contributed by atoms with E-state index in [1.54, 1.807) is 18.2 Å². The summed E-state index contributed by atoms with van der Waals surface area (Å²) in [7, 11) is 0. The van der Waals surface area contributed by atoms with Crippen LogP contribution < -0.4 is 5.32 Å². The predicted octanol–water partition coefficient (Wildman–Crippen LogP) is 4.20. The van der Waals surface area contributed by atoms with Crippen molar-refractivity contribution in [3.05, 3.63) is 28.2 Å². The molecule has 4 aliphatic carbocycles. The van der Waals surface area contributed by atoms with Crippen LogP contribution in [0, 0.1) is 17.3 Å². The summed E-state index contributed by atoms with van der Waals surface area (Å²) in [6.07, 6.45) is 5.80. The smallest absolute Gasteiger partial charge is 0.306 e. The number of nitrogens with one attached hydrogen (secondary N) is 1. The number of carbonyl (C=O) groups excluding carboxylic acids is 2. The van der Waals surface area contributed by atoms with E-state index in [1.165, 1.54) is 6.42 Å². The standard InChI is InChI=1S/C20H23Cl2NO4/c21-14-2-1-3-15(18(14)22)23-16(24)10-27-17(25)9-19-5-12-4-13(6-19)8-20(26,7-12)11-19/h1-3,12-13,26H,4-11H2,(H,23,24)/t12-,13+,19?,20?. The molecule has 0 aliphatic heterocycles. The van der Waals surface area contributed by atoms with Gasteiger partial charge in [-0.15, -0.1) is 0 Å². The second kappa shape index (κ2) is 6.94. The molecule has 0 spiro atoms. The maximum Gasteiger partial charge on any atom is 0.306 e. The molecule has 0 radical (unpaired) electrons. The summed E-state index contributed by atoms with van der Waals surface area (Å²) in [5.74, 6) is 0.180. The van der Waals surface area contributed by atoms with Crippen molar-refractivity contribution in [3.8, 4) is 0 Å². The van der Waals surface area contributed by atoms with Gasteiger partial charge < -0.3 is 15.2 Å². The molecule has 1 aromatic rings.